The van der Waals surface area contributed by atoms with Gasteiger partial charge in [0.05, 0.1) is 30.2 Å². The van der Waals surface area contributed by atoms with Gasteiger partial charge >= 0.3 is 0 Å². The largest absolute Gasteiger partial charge is 0.438 e. The first-order valence-electron chi connectivity index (χ1n) is 15.8. The van der Waals surface area contributed by atoms with E-state index < -0.39 is 0 Å². The van der Waals surface area contributed by atoms with Crippen LogP contribution in [-0.2, 0) is 4.74 Å². The van der Waals surface area contributed by atoms with E-state index in [1.54, 1.807) is 18.6 Å². The van der Waals surface area contributed by atoms with Gasteiger partial charge < -0.3 is 20.1 Å². The molecule has 0 spiro atoms. The molecule has 6 aromatic rings. The van der Waals surface area contributed by atoms with Crippen LogP contribution >= 0.6 is 0 Å². The number of aryl methyl sites for hydroxylation is 1. The van der Waals surface area contributed by atoms with Crippen molar-refractivity contribution in [1.29, 1.82) is 0 Å². The van der Waals surface area contributed by atoms with E-state index in [0.717, 1.165) is 90.5 Å². The summed E-state index contributed by atoms with van der Waals surface area (Å²) in [5.74, 6) is 2.34. The first kappa shape index (κ1) is 30.2. The van der Waals surface area contributed by atoms with Gasteiger partial charge in [0.15, 0.2) is 5.82 Å². The molecule has 7 rings (SSSR count). The van der Waals surface area contributed by atoms with Crippen LogP contribution in [0, 0.1) is 6.92 Å². The highest BCUT2D eigenvalue weighted by Gasteiger charge is 2.14. The van der Waals surface area contributed by atoms with Gasteiger partial charge in [0.1, 0.15) is 11.4 Å². The fourth-order valence-corrected chi connectivity index (χ4v) is 5.49. The maximum Gasteiger partial charge on any atom is 0.228 e. The summed E-state index contributed by atoms with van der Waals surface area (Å²) in [7, 11) is 0. The molecule has 0 amide bonds. The number of nitrogens with one attached hydrogen (secondary N) is 2. The average molecular weight is 626 g/mol. The number of anilines is 3. The van der Waals surface area contributed by atoms with Crippen molar-refractivity contribution in [2.24, 2.45) is 0 Å². The van der Waals surface area contributed by atoms with Crippen molar-refractivity contribution in [2.45, 2.75) is 13.3 Å². The lowest BCUT2D eigenvalue weighted by Crippen LogP contribution is -2.37. The maximum atomic E-state index is 6.25. The molecule has 47 heavy (non-hydrogen) atoms. The molecule has 1 saturated heterocycles. The summed E-state index contributed by atoms with van der Waals surface area (Å²) in [6.45, 7) is 7.44. The number of hydrogen-bond acceptors (Lipinski definition) is 11. The van der Waals surface area contributed by atoms with E-state index in [1.165, 1.54) is 0 Å². The molecule has 0 bridgehead atoms. The topological polar surface area (TPSA) is 123 Å². The predicted octanol–water partition coefficient (Wildman–Crippen LogP) is 6.52. The normalized spacial score (nSPS) is 13.4. The zero-order chi connectivity index (χ0) is 31.8. The first-order chi connectivity index (χ1) is 23.2. The van der Waals surface area contributed by atoms with Crippen molar-refractivity contribution in [3.05, 3.63) is 103 Å². The number of ether oxygens (including phenoxy) is 2. The van der Waals surface area contributed by atoms with Crippen LogP contribution in [0.25, 0.3) is 33.4 Å². The number of nitrogens with zero attached hydrogens (tertiary/aromatic N) is 7. The van der Waals surface area contributed by atoms with Crippen LogP contribution in [0.2, 0.25) is 0 Å². The molecule has 4 aromatic heterocycles. The van der Waals surface area contributed by atoms with Crippen LogP contribution in [0.1, 0.15) is 12.0 Å². The summed E-state index contributed by atoms with van der Waals surface area (Å²) in [6, 6.07) is 25.4. The lowest BCUT2D eigenvalue weighted by Gasteiger charge is -2.26. The fraction of sp³-hybridized carbons (Fsp3) is 0.222. The van der Waals surface area contributed by atoms with Crippen molar-refractivity contribution in [3.63, 3.8) is 0 Å². The summed E-state index contributed by atoms with van der Waals surface area (Å²) in [4.78, 5) is 20.6. The molecular weight excluding hydrogens is 590 g/mol. The summed E-state index contributed by atoms with van der Waals surface area (Å²) in [5, 5.41) is 17.8. The highest BCUT2D eigenvalue weighted by molar-refractivity contribution is 6.00. The van der Waals surface area contributed by atoms with Crippen LogP contribution in [-0.4, -0.2) is 74.4 Å². The Labute approximate surface area is 273 Å². The van der Waals surface area contributed by atoms with Crippen LogP contribution in [0.15, 0.2) is 97.5 Å². The molecule has 2 aromatic carbocycles. The van der Waals surface area contributed by atoms with E-state index in [0.29, 0.717) is 23.4 Å². The van der Waals surface area contributed by atoms with Gasteiger partial charge in [0.25, 0.3) is 0 Å². The molecule has 0 unspecified atom stereocenters. The minimum Gasteiger partial charge on any atom is -0.438 e. The molecule has 1 aliphatic heterocycles. The zero-order valence-electron chi connectivity index (χ0n) is 26.1. The van der Waals surface area contributed by atoms with E-state index in [9.17, 15) is 0 Å². The number of fused-ring (bicyclic) bond motifs is 1. The van der Waals surface area contributed by atoms with Gasteiger partial charge in [0, 0.05) is 54.7 Å². The standard InChI is InChI=1S/C36H35N9O2/c1-25-13-17-37-32(24-25)33-28-6-2-3-7-29(28)34(44-43-33)41-26-9-11-27(12-10-26)47-35-30(8-4-15-38-35)31-14-18-40-36(42-31)39-16-5-19-45-20-22-46-23-21-45/h2-4,6-15,17-18,24H,5,16,19-23H2,1H3,(H,41,44)(H,39,40,42). The molecule has 1 fully saturated rings. The minimum absolute atomic E-state index is 0.461. The zero-order valence-corrected chi connectivity index (χ0v) is 26.1. The highest BCUT2D eigenvalue weighted by Crippen LogP contribution is 2.33. The van der Waals surface area contributed by atoms with Gasteiger partial charge in [-0.1, -0.05) is 24.3 Å². The summed E-state index contributed by atoms with van der Waals surface area (Å²) < 4.78 is 11.7. The molecule has 0 saturated carbocycles. The van der Waals surface area contributed by atoms with E-state index in [2.05, 4.69) is 40.7 Å². The van der Waals surface area contributed by atoms with Gasteiger partial charge in [-0.05, 0) is 80.1 Å². The Kier molecular flexibility index (Phi) is 9.16. The van der Waals surface area contributed by atoms with E-state index in [1.807, 2.05) is 85.8 Å². The molecule has 0 radical (unpaired) electrons. The van der Waals surface area contributed by atoms with Crippen LogP contribution in [0.5, 0.6) is 11.6 Å². The lowest BCUT2D eigenvalue weighted by atomic mass is 10.1. The Morgan fingerprint density at radius 1 is 0.809 bits per heavy atom. The van der Waals surface area contributed by atoms with Crippen LogP contribution in [0.3, 0.4) is 0 Å². The van der Waals surface area contributed by atoms with Crippen molar-refractivity contribution >= 4 is 28.2 Å². The minimum atomic E-state index is 0.461. The highest BCUT2D eigenvalue weighted by atomic mass is 16.5. The molecule has 0 aliphatic carbocycles. The van der Waals surface area contributed by atoms with E-state index in [4.69, 9.17) is 14.5 Å². The predicted molar refractivity (Wildman–Crippen MR) is 183 cm³/mol. The number of morpholine rings is 1. The van der Waals surface area contributed by atoms with Gasteiger partial charge in [0.2, 0.25) is 11.8 Å². The third-order valence-corrected chi connectivity index (χ3v) is 7.92. The summed E-state index contributed by atoms with van der Waals surface area (Å²) in [5.41, 5.74) is 5.02. The average Bonchev–Trinajstić information content (AvgIpc) is 3.12. The molecule has 2 N–H and O–H groups in total. The molecule has 236 valence electrons. The summed E-state index contributed by atoms with van der Waals surface area (Å²) in [6.07, 6.45) is 6.25. The van der Waals surface area contributed by atoms with Gasteiger partial charge in [-0.3, -0.25) is 9.88 Å². The number of aromatic nitrogens is 6. The third-order valence-electron chi connectivity index (χ3n) is 7.92. The van der Waals surface area contributed by atoms with E-state index in [-0.39, 0.29) is 0 Å². The lowest BCUT2D eigenvalue weighted by molar-refractivity contribution is 0.0378. The molecular formula is C36H35N9O2. The second-order valence-electron chi connectivity index (χ2n) is 11.3. The SMILES string of the molecule is Cc1ccnc(-c2nnc(Nc3ccc(Oc4ncccc4-c4ccnc(NCCCN5CCOCC5)n4)cc3)c3ccccc23)c1. The Morgan fingerprint density at radius 3 is 2.49 bits per heavy atom. The monoisotopic (exact) mass is 625 g/mol. The van der Waals surface area contributed by atoms with Crippen molar-refractivity contribution in [1.82, 2.24) is 35.0 Å². The number of pyridine rings is 2. The molecule has 11 nitrogen and oxygen atoms in total. The Morgan fingerprint density at radius 2 is 1.64 bits per heavy atom. The maximum absolute atomic E-state index is 6.25. The molecule has 5 heterocycles. The number of benzene rings is 2. The van der Waals surface area contributed by atoms with Gasteiger partial charge in [-0.15, -0.1) is 10.2 Å². The quantitative estimate of drug-likeness (QED) is 0.153. The van der Waals surface area contributed by atoms with Crippen molar-refractivity contribution < 1.29 is 9.47 Å². The van der Waals surface area contributed by atoms with Gasteiger partial charge in [-0.2, -0.15) is 0 Å². The fourth-order valence-electron chi connectivity index (χ4n) is 5.49. The van der Waals surface area contributed by atoms with E-state index >= 15 is 0 Å². The van der Waals surface area contributed by atoms with Crippen molar-refractivity contribution in [2.75, 3.05) is 50.0 Å². The molecule has 0 atom stereocenters. The Balaban J connectivity index is 1.03. The molecule has 11 heteroatoms. The van der Waals surface area contributed by atoms with Crippen molar-refractivity contribution in [3.8, 4) is 34.3 Å². The Hall–Kier alpha value is -5.52. The summed E-state index contributed by atoms with van der Waals surface area (Å²) >= 11 is 0. The number of rotatable bonds is 11. The van der Waals surface area contributed by atoms with Gasteiger partial charge in [-0.25, -0.2) is 15.0 Å². The van der Waals surface area contributed by atoms with Crippen LogP contribution < -0.4 is 15.4 Å². The third kappa shape index (κ3) is 7.32. The van der Waals surface area contributed by atoms with Crippen LogP contribution in [0.4, 0.5) is 17.5 Å². The second-order valence-corrected chi connectivity index (χ2v) is 11.3. The molecule has 1 aliphatic rings. The first-order valence-corrected chi connectivity index (χ1v) is 15.8. The second kappa shape index (κ2) is 14.3. The Bertz CT molecular complexity index is 1960. The number of hydrogen-bond donors (Lipinski definition) is 2. The smallest absolute Gasteiger partial charge is 0.228 e.